The number of rotatable bonds is 2. The Labute approximate surface area is 129 Å². The van der Waals surface area contributed by atoms with E-state index in [9.17, 15) is 18.0 Å². The maximum atomic E-state index is 12.9. The van der Waals surface area contributed by atoms with Crippen molar-refractivity contribution in [3.8, 4) is 0 Å². The summed E-state index contributed by atoms with van der Waals surface area (Å²) in [6.45, 7) is 2.61. The molecule has 23 heavy (non-hydrogen) atoms. The molecule has 0 spiro atoms. The van der Waals surface area contributed by atoms with Gasteiger partial charge in [-0.15, -0.1) is 15.3 Å². The minimum Gasteiger partial charge on any atom is -0.353 e. The van der Waals surface area contributed by atoms with Crippen LogP contribution >= 0.6 is 0 Å². The summed E-state index contributed by atoms with van der Waals surface area (Å²) in [4.78, 5) is 13.0. The minimum atomic E-state index is -4.62. The van der Waals surface area contributed by atoms with Crippen LogP contribution in [0.15, 0.2) is 12.1 Å². The molecule has 0 bridgehead atoms. The second-order valence-corrected chi connectivity index (χ2v) is 5.47. The first kappa shape index (κ1) is 15.5. The van der Waals surface area contributed by atoms with E-state index in [4.69, 9.17) is 0 Å². The van der Waals surface area contributed by atoms with E-state index in [2.05, 4.69) is 20.6 Å². The van der Waals surface area contributed by atoms with Crippen LogP contribution < -0.4 is 10.2 Å². The highest BCUT2D eigenvalue weighted by molar-refractivity contribution is 5.73. The fourth-order valence-electron chi connectivity index (χ4n) is 2.72. The lowest BCUT2D eigenvalue weighted by atomic mass is 10.1. The highest BCUT2D eigenvalue weighted by atomic mass is 19.4. The summed E-state index contributed by atoms with van der Waals surface area (Å²) in [7, 11) is 0. The fraction of sp³-hybridized carbons (Fsp3) is 0.538. The van der Waals surface area contributed by atoms with Crippen molar-refractivity contribution >= 4 is 17.4 Å². The first-order valence-corrected chi connectivity index (χ1v) is 7.16. The number of nitrogens with zero attached hydrogens (tertiary/aromatic N) is 5. The summed E-state index contributed by atoms with van der Waals surface area (Å²) in [5.74, 6) is -0.874. The molecular weight excluding hydrogens is 313 g/mol. The molecule has 124 valence electrons. The predicted octanol–water partition coefficient (Wildman–Crippen LogP) is 1.25. The Morgan fingerprint density at radius 1 is 1.35 bits per heavy atom. The van der Waals surface area contributed by atoms with Crippen LogP contribution in [0.5, 0.6) is 0 Å². The number of nitrogens with one attached hydrogen (secondary N) is 1. The molecule has 1 amide bonds. The Morgan fingerprint density at radius 2 is 2.13 bits per heavy atom. The number of hydrogen-bond acceptors (Lipinski definition) is 5. The van der Waals surface area contributed by atoms with E-state index in [0.29, 0.717) is 23.4 Å². The van der Waals surface area contributed by atoms with E-state index in [1.165, 1.54) is 13.0 Å². The Bertz CT molecular complexity index is 728. The van der Waals surface area contributed by atoms with Crippen LogP contribution in [-0.2, 0) is 11.0 Å². The number of amides is 1. The zero-order valence-corrected chi connectivity index (χ0v) is 12.3. The van der Waals surface area contributed by atoms with Crippen LogP contribution in [0, 0.1) is 0 Å². The lowest BCUT2D eigenvalue weighted by Gasteiger charge is -2.33. The summed E-state index contributed by atoms with van der Waals surface area (Å²) in [5.41, 5.74) is 0.0384. The summed E-state index contributed by atoms with van der Waals surface area (Å²) in [6, 6.07) is 3.02. The Kier molecular flexibility index (Phi) is 3.82. The van der Waals surface area contributed by atoms with E-state index in [-0.39, 0.29) is 17.6 Å². The Morgan fingerprint density at radius 3 is 2.83 bits per heavy atom. The van der Waals surface area contributed by atoms with Gasteiger partial charge in [0, 0.05) is 26.1 Å². The zero-order valence-electron chi connectivity index (χ0n) is 12.3. The average molecular weight is 328 g/mol. The van der Waals surface area contributed by atoms with Crippen molar-refractivity contribution in [3.63, 3.8) is 0 Å². The molecule has 0 aromatic carbocycles. The molecule has 1 atom stereocenters. The van der Waals surface area contributed by atoms with E-state index >= 15 is 0 Å². The monoisotopic (exact) mass is 328 g/mol. The van der Waals surface area contributed by atoms with Gasteiger partial charge in [-0.05, 0) is 25.0 Å². The average Bonchev–Trinajstić information content (AvgIpc) is 2.89. The van der Waals surface area contributed by atoms with E-state index in [0.717, 1.165) is 12.8 Å². The van der Waals surface area contributed by atoms with Crippen molar-refractivity contribution in [1.29, 1.82) is 0 Å². The molecule has 1 unspecified atom stereocenters. The standard InChI is InChI=1S/C13H15F3N6O/c1-8(23)17-9-3-2-6-21(7-9)11-5-4-10-18-19-12(13(14,15)16)22(10)20-11/h4-5,9H,2-3,6-7H2,1H3,(H,17,23). The number of aromatic nitrogens is 4. The predicted molar refractivity (Wildman–Crippen MR) is 74.8 cm³/mol. The summed E-state index contributed by atoms with van der Waals surface area (Å²) < 4.78 is 39.4. The van der Waals surface area contributed by atoms with Gasteiger partial charge in [-0.25, -0.2) is 0 Å². The van der Waals surface area contributed by atoms with Gasteiger partial charge < -0.3 is 10.2 Å². The lowest BCUT2D eigenvalue weighted by molar-refractivity contribution is -0.146. The maximum Gasteiger partial charge on any atom is 0.453 e. The van der Waals surface area contributed by atoms with Gasteiger partial charge in [0.25, 0.3) is 5.82 Å². The normalized spacial score (nSPS) is 19.1. The van der Waals surface area contributed by atoms with Crippen LogP contribution in [0.4, 0.5) is 19.0 Å². The molecule has 3 heterocycles. The van der Waals surface area contributed by atoms with Gasteiger partial charge in [0.05, 0.1) is 0 Å². The number of fused-ring (bicyclic) bond motifs is 1. The van der Waals surface area contributed by atoms with Gasteiger partial charge >= 0.3 is 6.18 Å². The van der Waals surface area contributed by atoms with Gasteiger partial charge in [0.1, 0.15) is 5.82 Å². The number of carbonyl (C=O) groups is 1. The number of halogens is 3. The van der Waals surface area contributed by atoms with Crippen molar-refractivity contribution in [2.24, 2.45) is 0 Å². The van der Waals surface area contributed by atoms with Gasteiger partial charge in [0.2, 0.25) is 5.91 Å². The quantitative estimate of drug-likeness (QED) is 0.898. The summed E-state index contributed by atoms with van der Waals surface area (Å²) in [6.07, 6.45) is -2.97. The van der Waals surface area contributed by atoms with Gasteiger partial charge in [-0.2, -0.15) is 17.7 Å². The third-order valence-electron chi connectivity index (χ3n) is 3.66. The molecule has 2 aromatic heterocycles. The van der Waals surface area contributed by atoms with Crippen molar-refractivity contribution in [2.75, 3.05) is 18.0 Å². The molecule has 1 saturated heterocycles. The number of alkyl halides is 3. The number of hydrogen-bond donors (Lipinski definition) is 1. The van der Waals surface area contributed by atoms with Crippen molar-refractivity contribution in [2.45, 2.75) is 32.0 Å². The molecule has 7 nitrogen and oxygen atoms in total. The van der Waals surface area contributed by atoms with Crippen LogP contribution in [0.25, 0.3) is 5.65 Å². The molecule has 0 saturated carbocycles. The SMILES string of the molecule is CC(=O)NC1CCCN(c2ccc3nnc(C(F)(F)F)n3n2)C1. The topological polar surface area (TPSA) is 75.4 Å². The molecule has 0 radical (unpaired) electrons. The highest BCUT2D eigenvalue weighted by Crippen LogP contribution is 2.28. The molecule has 1 aliphatic rings. The highest BCUT2D eigenvalue weighted by Gasteiger charge is 2.37. The fourth-order valence-corrected chi connectivity index (χ4v) is 2.72. The third kappa shape index (κ3) is 3.20. The Hall–Kier alpha value is -2.39. The number of carbonyl (C=O) groups excluding carboxylic acids is 1. The molecule has 1 fully saturated rings. The molecule has 3 rings (SSSR count). The number of piperidine rings is 1. The van der Waals surface area contributed by atoms with Gasteiger partial charge in [-0.3, -0.25) is 4.79 Å². The molecule has 1 aliphatic heterocycles. The van der Waals surface area contributed by atoms with Crippen LogP contribution in [0.1, 0.15) is 25.6 Å². The first-order chi connectivity index (χ1) is 10.8. The summed E-state index contributed by atoms with van der Waals surface area (Å²) >= 11 is 0. The second-order valence-electron chi connectivity index (χ2n) is 5.47. The smallest absolute Gasteiger partial charge is 0.353 e. The zero-order chi connectivity index (χ0) is 16.6. The van der Waals surface area contributed by atoms with E-state index in [1.54, 1.807) is 6.07 Å². The second kappa shape index (κ2) is 5.67. The largest absolute Gasteiger partial charge is 0.453 e. The minimum absolute atomic E-state index is 0.0384. The van der Waals surface area contributed by atoms with Crippen LogP contribution in [0.2, 0.25) is 0 Å². The molecular formula is C13H15F3N6O. The molecule has 2 aromatic rings. The lowest BCUT2D eigenvalue weighted by Crippen LogP contribution is -2.47. The molecule has 0 aliphatic carbocycles. The first-order valence-electron chi connectivity index (χ1n) is 7.16. The molecule has 1 N–H and O–H groups in total. The van der Waals surface area contributed by atoms with Gasteiger partial charge in [-0.1, -0.05) is 0 Å². The van der Waals surface area contributed by atoms with Crippen LogP contribution in [0.3, 0.4) is 0 Å². The van der Waals surface area contributed by atoms with E-state index in [1.807, 2.05) is 4.90 Å². The van der Waals surface area contributed by atoms with Crippen molar-refractivity contribution in [3.05, 3.63) is 18.0 Å². The maximum absolute atomic E-state index is 12.9. The Balaban J connectivity index is 1.89. The van der Waals surface area contributed by atoms with Crippen LogP contribution in [-0.4, -0.2) is 44.8 Å². The van der Waals surface area contributed by atoms with Crippen molar-refractivity contribution in [1.82, 2.24) is 25.1 Å². The number of anilines is 1. The summed E-state index contributed by atoms with van der Waals surface area (Å²) in [5, 5.41) is 13.5. The van der Waals surface area contributed by atoms with E-state index < -0.39 is 12.0 Å². The molecule has 10 heteroatoms. The third-order valence-corrected chi connectivity index (χ3v) is 3.66. The van der Waals surface area contributed by atoms with Gasteiger partial charge in [0.15, 0.2) is 5.65 Å². The van der Waals surface area contributed by atoms with Crippen molar-refractivity contribution < 1.29 is 18.0 Å².